The van der Waals surface area contributed by atoms with Crippen molar-refractivity contribution < 1.29 is 0 Å². The number of rotatable bonds is 19. The molecule has 0 aliphatic heterocycles. The Bertz CT molecular complexity index is 238. The maximum absolute atomic E-state index is 3.77. The molecule has 0 fully saturated rings. The van der Waals surface area contributed by atoms with Crippen molar-refractivity contribution in [1.29, 1.82) is 0 Å². The average Bonchev–Trinajstić information content (AvgIpc) is 2.57. The van der Waals surface area contributed by atoms with Gasteiger partial charge in [0, 0.05) is 0 Å². The van der Waals surface area contributed by atoms with Crippen LogP contribution in [0.25, 0.3) is 0 Å². The van der Waals surface area contributed by atoms with Crippen LogP contribution in [-0.2, 0) is 0 Å². The van der Waals surface area contributed by atoms with Gasteiger partial charge in [-0.25, -0.2) is 0 Å². The molecule has 0 nitrogen and oxygen atoms in total. The van der Waals surface area contributed by atoms with Crippen LogP contribution >= 0.6 is 0 Å². The van der Waals surface area contributed by atoms with E-state index in [1.807, 2.05) is 6.08 Å². The summed E-state index contributed by atoms with van der Waals surface area (Å²) >= 11 is 0. The summed E-state index contributed by atoms with van der Waals surface area (Å²) in [5.41, 5.74) is 0. The van der Waals surface area contributed by atoms with E-state index in [0.29, 0.717) is 0 Å². The Kier molecular flexibility index (Phi) is 21.0. The monoisotopic (exact) mass is 320 g/mol. The summed E-state index contributed by atoms with van der Waals surface area (Å²) in [4.78, 5) is 0. The lowest BCUT2D eigenvalue weighted by Crippen LogP contribution is -1.81. The molecule has 0 aliphatic carbocycles. The molecule has 0 heterocycles. The lowest BCUT2D eigenvalue weighted by molar-refractivity contribution is 0.561. The number of hydrogen-bond acceptors (Lipinski definition) is 0. The van der Waals surface area contributed by atoms with Gasteiger partial charge in [-0.15, -0.1) is 6.58 Å². The first kappa shape index (κ1) is 22.5. The van der Waals surface area contributed by atoms with Gasteiger partial charge in [0.1, 0.15) is 0 Å². The van der Waals surface area contributed by atoms with Crippen molar-refractivity contribution in [3.63, 3.8) is 0 Å². The Labute approximate surface area is 147 Å². The van der Waals surface area contributed by atoms with E-state index in [2.05, 4.69) is 25.7 Å². The minimum absolute atomic E-state index is 1.20. The highest BCUT2D eigenvalue weighted by Gasteiger charge is 1.92. The van der Waals surface area contributed by atoms with Crippen LogP contribution in [-0.4, -0.2) is 0 Å². The highest BCUT2D eigenvalue weighted by molar-refractivity contribution is 4.81. The van der Waals surface area contributed by atoms with Crippen LogP contribution in [0.4, 0.5) is 0 Å². The van der Waals surface area contributed by atoms with Gasteiger partial charge in [-0.1, -0.05) is 102 Å². The minimum atomic E-state index is 1.20. The van der Waals surface area contributed by atoms with E-state index in [0.717, 1.165) is 0 Å². The van der Waals surface area contributed by atoms with Crippen LogP contribution in [0.1, 0.15) is 122 Å². The van der Waals surface area contributed by atoms with Gasteiger partial charge in [0.05, 0.1) is 0 Å². The fourth-order valence-electron chi connectivity index (χ4n) is 3.07. The molecule has 0 aromatic heterocycles. The molecule has 0 saturated heterocycles. The van der Waals surface area contributed by atoms with E-state index in [-0.39, 0.29) is 0 Å². The quantitative estimate of drug-likeness (QED) is 0.165. The number of unbranched alkanes of at least 4 members (excludes halogenated alkanes) is 16. The average molecular weight is 321 g/mol. The van der Waals surface area contributed by atoms with Crippen LogP contribution in [0.2, 0.25) is 0 Å². The first-order valence-corrected chi connectivity index (χ1v) is 10.7. The van der Waals surface area contributed by atoms with E-state index in [9.17, 15) is 0 Å². The zero-order chi connectivity index (χ0) is 16.8. The molecule has 136 valence electrons. The molecule has 0 amide bonds. The van der Waals surface area contributed by atoms with E-state index >= 15 is 0 Å². The first-order valence-electron chi connectivity index (χ1n) is 10.7. The van der Waals surface area contributed by atoms with Crippen molar-refractivity contribution in [1.82, 2.24) is 0 Å². The molecule has 0 rings (SSSR count). The van der Waals surface area contributed by atoms with Crippen molar-refractivity contribution in [2.45, 2.75) is 122 Å². The summed E-state index contributed by atoms with van der Waals surface area (Å²) in [5, 5.41) is 0. The molecule has 0 heteroatoms. The Balaban J connectivity index is 3.03. The molecule has 0 radical (unpaired) electrons. The Morgan fingerprint density at radius 3 is 1.22 bits per heavy atom. The van der Waals surface area contributed by atoms with Gasteiger partial charge in [0.15, 0.2) is 0 Å². The lowest BCUT2D eigenvalue weighted by atomic mass is 10.1. The standard InChI is InChI=1S/C23H44/c1-3-5-7-9-11-13-15-17-19-21-23-22-20-18-16-14-12-10-8-6-4-2/h3,18,20H,1,4-17,19,21-23H2,2H3/b20-18-. The van der Waals surface area contributed by atoms with Crippen LogP contribution in [0.15, 0.2) is 24.8 Å². The molecule has 0 atom stereocenters. The maximum Gasteiger partial charge on any atom is -0.0351 e. The lowest BCUT2D eigenvalue weighted by Gasteiger charge is -2.01. The van der Waals surface area contributed by atoms with Gasteiger partial charge in [-0.3, -0.25) is 0 Å². The SMILES string of the molecule is C=CCCCCCCCCCCC/C=C\CCCCCCCC. The molecule has 0 saturated carbocycles. The van der Waals surface area contributed by atoms with Gasteiger partial charge in [0.2, 0.25) is 0 Å². The Hall–Kier alpha value is -0.520. The second kappa shape index (κ2) is 21.5. The topological polar surface area (TPSA) is 0 Å². The third kappa shape index (κ3) is 21.5. The Morgan fingerprint density at radius 1 is 0.478 bits per heavy atom. The third-order valence-corrected chi connectivity index (χ3v) is 4.67. The molecular formula is C23H44. The fourth-order valence-corrected chi connectivity index (χ4v) is 3.07. The normalized spacial score (nSPS) is 11.3. The van der Waals surface area contributed by atoms with Crippen molar-refractivity contribution in [2.24, 2.45) is 0 Å². The highest BCUT2D eigenvalue weighted by atomic mass is 14.0. The zero-order valence-corrected chi connectivity index (χ0v) is 16.2. The first-order chi connectivity index (χ1) is 11.4. The predicted octanol–water partition coefficient (Wildman–Crippen LogP) is 8.77. The van der Waals surface area contributed by atoms with Crippen LogP contribution in [0.5, 0.6) is 0 Å². The van der Waals surface area contributed by atoms with Crippen LogP contribution < -0.4 is 0 Å². The zero-order valence-electron chi connectivity index (χ0n) is 16.2. The van der Waals surface area contributed by atoms with Gasteiger partial charge in [-0.05, 0) is 38.5 Å². The summed E-state index contributed by atoms with van der Waals surface area (Å²) in [5.74, 6) is 0. The largest absolute Gasteiger partial charge is 0.103 e. The molecule has 0 unspecified atom stereocenters. The van der Waals surface area contributed by atoms with Gasteiger partial charge in [-0.2, -0.15) is 0 Å². The van der Waals surface area contributed by atoms with Gasteiger partial charge in [0.25, 0.3) is 0 Å². The van der Waals surface area contributed by atoms with E-state index in [1.165, 1.54) is 116 Å². The van der Waals surface area contributed by atoms with E-state index < -0.39 is 0 Å². The van der Waals surface area contributed by atoms with Gasteiger partial charge < -0.3 is 0 Å². The number of allylic oxidation sites excluding steroid dienone is 3. The molecular weight excluding hydrogens is 276 g/mol. The van der Waals surface area contributed by atoms with Crippen molar-refractivity contribution in [3.8, 4) is 0 Å². The Morgan fingerprint density at radius 2 is 0.826 bits per heavy atom. The summed E-state index contributed by atoms with van der Waals surface area (Å²) in [6.07, 6.45) is 31.9. The molecule has 0 aromatic rings. The summed E-state index contributed by atoms with van der Waals surface area (Å²) in [6.45, 7) is 6.06. The predicted molar refractivity (Wildman–Crippen MR) is 108 cm³/mol. The molecule has 0 N–H and O–H groups in total. The van der Waals surface area contributed by atoms with Crippen LogP contribution in [0.3, 0.4) is 0 Å². The number of hydrogen-bond donors (Lipinski definition) is 0. The minimum Gasteiger partial charge on any atom is -0.103 e. The van der Waals surface area contributed by atoms with Crippen molar-refractivity contribution in [2.75, 3.05) is 0 Å². The molecule has 0 aliphatic rings. The molecule has 0 aromatic carbocycles. The van der Waals surface area contributed by atoms with E-state index in [1.54, 1.807) is 0 Å². The fraction of sp³-hybridized carbons (Fsp3) is 0.826. The van der Waals surface area contributed by atoms with Crippen molar-refractivity contribution in [3.05, 3.63) is 24.8 Å². The van der Waals surface area contributed by atoms with Crippen molar-refractivity contribution >= 4 is 0 Å². The smallest absolute Gasteiger partial charge is 0.0351 e. The molecule has 0 bridgehead atoms. The second-order valence-corrected chi connectivity index (χ2v) is 7.08. The highest BCUT2D eigenvalue weighted by Crippen LogP contribution is 2.12. The molecule has 23 heavy (non-hydrogen) atoms. The summed E-state index contributed by atoms with van der Waals surface area (Å²) in [7, 11) is 0. The van der Waals surface area contributed by atoms with Gasteiger partial charge >= 0.3 is 0 Å². The third-order valence-electron chi connectivity index (χ3n) is 4.67. The second-order valence-electron chi connectivity index (χ2n) is 7.08. The maximum atomic E-state index is 3.77. The molecule has 0 spiro atoms. The van der Waals surface area contributed by atoms with E-state index in [4.69, 9.17) is 0 Å². The summed E-state index contributed by atoms with van der Waals surface area (Å²) in [6, 6.07) is 0. The van der Waals surface area contributed by atoms with Crippen LogP contribution in [0, 0.1) is 0 Å². The summed E-state index contributed by atoms with van der Waals surface area (Å²) < 4.78 is 0.